The van der Waals surface area contributed by atoms with E-state index >= 15 is 0 Å². The van der Waals surface area contributed by atoms with Crippen molar-refractivity contribution in [1.82, 2.24) is 0 Å². The van der Waals surface area contributed by atoms with Crippen LogP contribution >= 0.6 is 0 Å². The smallest absolute Gasteiger partial charge is 0.373 e. The summed E-state index contributed by atoms with van der Waals surface area (Å²) in [5.74, 6) is -2.23. The fourth-order valence-electron chi connectivity index (χ4n) is 0.947. The van der Waals surface area contributed by atoms with Gasteiger partial charge in [-0.1, -0.05) is 13.8 Å². The minimum atomic E-state index is -5.01. The summed E-state index contributed by atoms with van der Waals surface area (Å²) in [5.41, 5.74) is 1.09. The van der Waals surface area contributed by atoms with Crippen molar-refractivity contribution in [2.75, 3.05) is 0 Å². The molecule has 0 aliphatic rings. The normalized spacial score (nSPS) is 17.2. The lowest BCUT2D eigenvalue weighted by atomic mass is 9.91. The van der Waals surface area contributed by atoms with E-state index in [0.29, 0.717) is 0 Å². The van der Waals surface area contributed by atoms with E-state index in [2.05, 4.69) is 5.73 Å². The van der Waals surface area contributed by atoms with Crippen LogP contribution in [-0.2, 0) is 4.79 Å². The summed E-state index contributed by atoms with van der Waals surface area (Å²) < 4.78 is 36.5. The quantitative estimate of drug-likeness (QED) is 0.706. The molecule has 0 aromatic carbocycles. The molecule has 0 bridgehead atoms. The number of carbonyl (C=O) groups excluding carboxylic acids is 1. The van der Waals surface area contributed by atoms with Gasteiger partial charge >= 0.3 is 6.18 Å². The molecule has 13 heavy (non-hydrogen) atoms. The number of primary amides is 1. The maximum Gasteiger partial charge on any atom is 0.426 e. The van der Waals surface area contributed by atoms with Crippen LogP contribution in [0.25, 0.3) is 0 Å². The molecule has 0 spiro atoms. The van der Waals surface area contributed by atoms with Crippen LogP contribution in [0, 0.1) is 5.92 Å². The van der Waals surface area contributed by atoms with Gasteiger partial charge in [-0.3, -0.25) is 4.79 Å². The zero-order valence-electron chi connectivity index (χ0n) is 7.35. The van der Waals surface area contributed by atoms with Gasteiger partial charge in [0.2, 0.25) is 5.60 Å². The van der Waals surface area contributed by atoms with Gasteiger partial charge < -0.3 is 10.8 Å². The zero-order chi connectivity index (χ0) is 10.9. The first-order valence-electron chi connectivity index (χ1n) is 3.70. The first-order valence-corrected chi connectivity index (χ1v) is 3.70. The Kier molecular flexibility index (Phi) is 3.32. The summed E-state index contributed by atoms with van der Waals surface area (Å²) in [4.78, 5) is 10.5. The number of carbonyl (C=O) groups is 1. The first kappa shape index (κ1) is 12.2. The lowest BCUT2D eigenvalue weighted by Crippen LogP contribution is -2.56. The third kappa shape index (κ3) is 2.58. The van der Waals surface area contributed by atoms with Gasteiger partial charge in [-0.25, -0.2) is 0 Å². The first-order chi connectivity index (χ1) is 5.61. The van der Waals surface area contributed by atoms with Crippen LogP contribution in [0.15, 0.2) is 0 Å². The van der Waals surface area contributed by atoms with Crippen molar-refractivity contribution in [2.24, 2.45) is 11.7 Å². The second kappa shape index (κ2) is 3.53. The van der Waals surface area contributed by atoms with Gasteiger partial charge in [0.05, 0.1) is 0 Å². The maximum absolute atomic E-state index is 12.2. The number of alkyl halides is 3. The van der Waals surface area contributed by atoms with Crippen molar-refractivity contribution in [3.63, 3.8) is 0 Å². The van der Waals surface area contributed by atoms with Gasteiger partial charge in [0, 0.05) is 0 Å². The molecule has 0 saturated heterocycles. The lowest BCUT2D eigenvalue weighted by molar-refractivity contribution is -0.254. The standard InChI is InChI=1S/C7H12F3NO2/c1-4(2)3-6(13,5(11)12)7(8,9)10/h4,13H,3H2,1-2H3,(H2,11,12). The molecule has 0 aromatic rings. The molecule has 3 N–H and O–H groups in total. The number of aliphatic hydroxyl groups is 1. The Morgan fingerprint density at radius 2 is 1.85 bits per heavy atom. The molecule has 0 saturated carbocycles. The maximum atomic E-state index is 12.2. The third-order valence-corrected chi connectivity index (χ3v) is 1.58. The van der Waals surface area contributed by atoms with Crippen LogP contribution in [0.5, 0.6) is 0 Å². The van der Waals surface area contributed by atoms with Crippen molar-refractivity contribution < 1.29 is 23.1 Å². The monoisotopic (exact) mass is 199 g/mol. The van der Waals surface area contributed by atoms with Crippen LogP contribution in [0.2, 0.25) is 0 Å². The van der Waals surface area contributed by atoms with Crippen LogP contribution in [0.1, 0.15) is 20.3 Å². The molecule has 1 amide bonds. The van der Waals surface area contributed by atoms with Crippen LogP contribution in [0.4, 0.5) is 13.2 Å². The average Bonchev–Trinajstić information content (AvgIpc) is 1.82. The summed E-state index contributed by atoms with van der Waals surface area (Å²) >= 11 is 0. The highest BCUT2D eigenvalue weighted by Gasteiger charge is 2.58. The predicted octanol–water partition coefficient (Wildman–Crippen LogP) is 0.811. The van der Waals surface area contributed by atoms with Gasteiger partial charge in [-0.15, -0.1) is 0 Å². The Labute approximate surface area is 73.7 Å². The Bertz CT molecular complexity index is 202. The molecule has 1 unspecified atom stereocenters. The molecule has 0 rings (SSSR count). The van der Waals surface area contributed by atoms with Crippen molar-refractivity contribution in [3.05, 3.63) is 0 Å². The Morgan fingerprint density at radius 3 is 1.92 bits per heavy atom. The second-order valence-electron chi connectivity index (χ2n) is 3.32. The summed E-state index contributed by atoms with van der Waals surface area (Å²) in [6, 6.07) is 0. The van der Waals surface area contributed by atoms with E-state index in [9.17, 15) is 18.0 Å². The summed E-state index contributed by atoms with van der Waals surface area (Å²) in [6.45, 7) is 2.92. The van der Waals surface area contributed by atoms with Crippen LogP contribution < -0.4 is 5.73 Å². The van der Waals surface area contributed by atoms with E-state index in [-0.39, 0.29) is 0 Å². The molecular formula is C7H12F3NO2. The predicted molar refractivity (Wildman–Crippen MR) is 39.7 cm³/mol. The largest absolute Gasteiger partial charge is 0.426 e. The van der Waals surface area contributed by atoms with Gasteiger partial charge in [-0.05, 0) is 12.3 Å². The summed E-state index contributed by atoms with van der Waals surface area (Å²) in [5, 5.41) is 9.00. The molecular weight excluding hydrogens is 187 g/mol. The molecule has 0 heterocycles. The van der Waals surface area contributed by atoms with Crippen molar-refractivity contribution >= 4 is 5.91 Å². The Hall–Kier alpha value is -0.780. The van der Waals surface area contributed by atoms with Crippen molar-refractivity contribution in [3.8, 4) is 0 Å². The van der Waals surface area contributed by atoms with E-state index in [1.165, 1.54) is 13.8 Å². The van der Waals surface area contributed by atoms with Gasteiger partial charge in [-0.2, -0.15) is 13.2 Å². The molecule has 0 aliphatic heterocycles. The van der Waals surface area contributed by atoms with Gasteiger partial charge in [0.1, 0.15) is 0 Å². The highest BCUT2D eigenvalue weighted by atomic mass is 19.4. The molecule has 0 aromatic heterocycles. The minimum absolute atomic E-state index is 0.473. The minimum Gasteiger partial charge on any atom is -0.373 e. The number of hydrogen-bond donors (Lipinski definition) is 2. The summed E-state index contributed by atoms with van der Waals surface area (Å²) in [6.07, 6.45) is -5.73. The summed E-state index contributed by atoms with van der Waals surface area (Å²) in [7, 11) is 0. The second-order valence-corrected chi connectivity index (χ2v) is 3.32. The number of halogens is 3. The molecule has 78 valence electrons. The molecule has 0 radical (unpaired) electrons. The topological polar surface area (TPSA) is 63.3 Å². The van der Waals surface area contributed by atoms with E-state index in [1.54, 1.807) is 0 Å². The number of nitrogens with two attached hydrogens (primary N) is 1. The van der Waals surface area contributed by atoms with Gasteiger partial charge in [0.25, 0.3) is 5.91 Å². The van der Waals surface area contributed by atoms with Crippen molar-refractivity contribution in [1.29, 1.82) is 0 Å². The fourth-order valence-corrected chi connectivity index (χ4v) is 0.947. The number of rotatable bonds is 3. The molecule has 3 nitrogen and oxygen atoms in total. The van der Waals surface area contributed by atoms with E-state index in [4.69, 9.17) is 5.11 Å². The highest BCUT2D eigenvalue weighted by molar-refractivity contribution is 5.84. The molecule has 6 heteroatoms. The average molecular weight is 199 g/mol. The Morgan fingerprint density at radius 1 is 1.46 bits per heavy atom. The SMILES string of the molecule is CC(C)CC(O)(C(N)=O)C(F)(F)F. The zero-order valence-corrected chi connectivity index (χ0v) is 7.35. The van der Waals surface area contributed by atoms with Crippen LogP contribution in [-0.4, -0.2) is 22.8 Å². The molecule has 0 aliphatic carbocycles. The van der Waals surface area contributed by atoms with E-state index in [1.807, 2.05) is 0 Å². The van der Waals surface area contributed by atoms with Crippen LogP contribution in [0.3, 0.4) is 0 Å². The third-order valence-electron chi connectivity index (χ3n) is 1.58. The number of amides is 1. The highest BCUT2D eigenvalue weighted by Crippen LogP contribution is 2.34. The lowest BCUT2D eigenvalue weighted by Gasteiger charge is -2.28. The number of hydrogen-bond acceptors (Lipinski definition) is 2. The van der Waals surface area contributed by atoms with Crippen molar-refractivity contribution in [2.45, 2.75) is 32.0 Å². The molecule has 0 fully saturated rings. The van der Waals surface area contributed by atoms with E-state index in [0.717, 1.165) is 0 Å². The van der Waals surface area contributed by atoms with E-state index < -0.39 is 30.0 Å². The Balaban J connectivity index is 4.85. The fraction of sp³-hybridized carbons (Fsp3) is 0.857. The van der Waals surface area contributed by atoms with Gasteiger partial charge in [0.15, 0.2) is 0 Å². The molecule has 1 atom stereocenters.